The van der Waals surface area contributed by atoms with Gasteiger partial charge in [-0.15, -0.1) is 0 Å². The Kier molecular flexibility index (Phi) is 6.97. The number of hydrogen-bond acceptors (Lipinski definition) is 2. The molecule has 1 aliphatic rings. The van der Waals surface area contributed by atoms with Crippen LogP contribution in [0.4, 0.5) is 27.6 Å². The smallest absolute Gasteiger partial charge is 0.371 e. The Balaban J connectivity index is 1.75. The molecule has 0 atom stereocenters. The van der Waals surface area contributed by atoms with Crippen molar-refractivity contribution in [2.45, 2.75) is 38.9 Å². The van der Waals surface area contributed by atoms with Crippen molar-refractivity contribution in [3.63, 3.8) is 0 Å². The minimum absolute atomic E-state index is 0.0801. The molecular weight excluding hydrogens is 415 g/mol. The third-order valence-electron chi connectivity index (χ3n) is 5.28. The molecule has 3 rings (SSSR count). The number of rotatable bonds is 5. The number of piperidine rings is 1. The van der Waals surface area contributed by atoms with Crippen molar-refractivity contribution in [1.29, 1.82) is 0 Å². The van der Waals surface area contributed by atoms with Crippen LogP contribution in [0.15, 0.2) is 36.4 Å². The highest BCUT2D eigenvalue weighted by Crippen LogP contribution is 2.35. The van der Waals surface area contributed by atoms with E-state index in [0.29, 0.717) is 24.3 Å². The van der Waals surface area contributed by atoms with Gasteiger partial charge in [-0.05, 0) is 67.7 Å². The van der Waals surface area contributed by atoms with E-state index < -0.39 is 29.3 Å². The third kappa shape index (κ3) is 5.83. The molecule has 1 amide bonds. The Morgan fingerprint density at radius 3 is 2.32 bits per heavy atom. The highest BCUT2D eigenvalue weighted by Gasteiger charge is 2.31. The Morgan fingerprint density at radius 2 is 1.71 bits per heavy atom. The Bertz CT molecular complexity index is 955. The van der Waals surface area contributed by atoms with E-state index in [1.54, 1.807) is 0 Å². The monoisotopic (exact) mass is 438 g/mol. The number of amides is 1. The summed E-state index contributed by atoms with van der Waals surface area (Å²) in [5, 5.41) is 2.53. The highest BCUT2D eigenvalue weighted by molar-refractivity contribution is 5.92. The SMILES string of the molecule is Cc1c(F)cc(CNC(=O)/C=C/c2ccc(C(F)(F)F)cc2N2CCCCC2)cc1F. The molecule has 2 aromatic carbocycles. The summed E-state index contributed by atoms with van der Waals surface area (Å²) >= 11 is 0. The molecule has 1 heterocycles. The van der Waals surface area contributed by atoms with Crippen molar-refractivity contribution in [3.05, 3.63) is 70.3 Å². The summed E-state index contributed by atoms with van der Waals surface area (Å²) in [6.07, 6.45) is 1.02. The van der Waals surface area contributed by atoms with Gasteiger partial charge in [-0.2, -0.15) is 13.2 Å². The molecule has 1 saturated heterocycles. The maximum atomic E-state index is 13.6. The fraction of sp³-hybridized carbons (Fsp3) is 0.348. The zero-order valence-corrected chi connectivity index (χ0v) is 17.0. The molecule has 3 nitrogen and oxygen atoms in total. The first-order valence-corrected chi connectivity index (χ1v) is 10.0. The number of hydrogen-bond donors (Lipinski definition) is 1. The van der Waals surface area contributed by atoms with Crippen LogP contribution in [0.5, 0.6) is 0 Å². The topological polar surface area (TPSA) is 32.3 Å². The number of benzene rings is 2. The standard InChI is InChI=1S/C23H23F5N2O/c1-15-19(24)11-16(12-20(15)25)14-29-22(31)8-6-17-5-7-18(23(26,27)28)13-21(17)30-9-3-2-4-10-30/h5-8,11-13H,2-4,9-10,14H2,1H3,(H,29,31)/b8-6+. The molecule has 8 heteroatoms. The first kappa shape index (κ1) is 22.8. The molecular formula is C23H23F5N2O. The Labute approximate surface area is 177 Å². The molecule has 1 N–H and O–H groups in total. The molecule has 1 fully saturated rings. The van der Waals surface area contributed by atoms with Crippen LogP contribution < -0.4 is 10.2 Å². The largest absolute Gasteiger partial charge is 0.416 e. The number of halogens is 5. The number of nitrogens with one attached hydrogen (secondary N) is 1. The van der Waals surface area contributed by atoms with Crippen LogP contribution in [0.25, 0.3) is 6.08 Å². The lowest BCUT2D eigenvalue weighted by molar-refractivity contribution is -0.137. The van der Waals surface area contributed by atoms with E-state index >= 15 is 0 Å². The Morgan fingerprint density at radius 1 is 1.06 bits per heavy atom. The second kappa shape index (κ2) is 9.49. The number of carbonyl (C=O) groups excluding carboxylic acids is 1. The van der Waals surface area contributed by atoms with Crippen molar-refractivity contribution in [1.82, 2.24) is 5.32 Å². The van der Waals surface area contributed by atoms with Gasteiger partial charge in [0.1, 0.15) is 11.6 Å². The summed E-state index contributed by atoms with van der Waals surface area (Å²) in [6, 6.07) is 5.74. The number of alkyl halides is 3. The number of anilines is 1. The second-order valence-electron chi connectivity index (χ2n) is 7.55. The van der Waals surface area contributed by atoms with Gasteiger partial charge in [0.25, 0.3) is 0 Å². The molecule has 31 heavy (non-hydrogen) atoms. The summed E-state index contributed by atoms with van der Waals surface area (Å²) in [5.41, 5.74) is 0.366. The van der Waals surface area contributed by atoms with Crippen LogP contribution in [0.1, 0.15) is 41.5 Å². The second-order valence-corrected chi connectivity index (χ2v) is 7.55. The van der Waals surface area contributed by atoms with Gasteiger partial charge < -0.3 is 10.2 Å². The zero-order chi connectivity index (χ0) is 22.6. The van der Waals surface area contributed by atoms with E-state index in [1.807, 2.05) is 4.90 Å². The van der Waals surface area contributed by atoms with Crippen LogP contribution in [0, 0.1) is 18.6 Å². The van der Waals surface area contributed by atoms with E-state index in [4.69, 9.17) is 0 Å². The van der Waals surface area contributed by atoms with Crippen molar-refractivity contribution < 1.29 is 26.7 Å². The zero-order valence-electron chi connectivity index (χ0n) is 17.0. The lowest BCUT2D eigenvalue weighted by Crippen LogP contribution is -2.30. The summed E-state index contributed by atoms with van der Waals surface area (Å²) in [7, 11) is 0. The van der Waals surface area contributed by atoms with Crippen molar-refractivity contribution >= 4 is 17.7 Å². The van der Waals surface area contributed by atoms with Gasteiger partial charge in [0, 0.05) is 37.0 Å². The van der Waals surface area contributed by atoms with Crippen LogP contribution in [0.2, 0.25) is 0 Å². The van der Waals surface area contributed by atoms with Gasteiger partial charge >= 0.3 is 6.18 Å². The predicted octanol–water partition coefficient (Wildman–Crippen LogP) is 5.61. The molecule has 2 aromatic rings. The molecule has 1 aliphatic heterocycles. The van der Waals surface area contributed by atoms with Crippen molar-refractivity contribution in [2.24, 2.45) is 0 Å². The molecule has 166 valence electrons. The molecule has 0 saturated carbocycles. The molecule has 0 bridgehead atoms. The number of carbonyl (C=O) groups is 1. The minimum Gasteiger partial charge on any atom is -0.371 e. The van der Waals surface area contributed by atoms with E-state index in [0.717, 1.165) is 43.5 Å². The fourth-order valence-corrected chi connectivity index (χ4v) is 3.48. The first-order chi connectivity index (χ1) is 14.6. The van der Waals surface area contributed by atoms with E-state index in [-0.39, 0.29) is 17.7 Å². The molecule has 0 aromatic heterocycles. The van der Waals surface area contributed by atoms with Crippen molar-refractivity contribution in [2.75, 3.05) is 18.0 Å². The lowest BCUT2D eigenvalue weighted by Gasteiger charge is -2.30. The van der Waals surface area contributed by atoms with Crippen molar-refractivity contribution in [3.8, 4) is 0 Å². The molecule has 0 aliphatic carbocycles. The van der Waals surface area contributed by atoms with Crippen LogP contribution in [-0.2, 0) is 17.5 Å². The van der Waals surface area contributed by atoms with Gasteiger partial charge in [-0.3, -0.25) is 4.79 Å². The first-order valence-electron chi connectivity index (χ1n) is 10.0. The van der Waals surface area contributed by atoms with E-state index in [1.165, 1.54) is 25.1 Å². The lowest BCUT2D eigenvalue weighted by atomic mass is 10.0. The van der Waals surface area contributed by atoms with Gasteiger partial charge in [-0.1, -0.05) is 6.07 Å². The normalized spacial score (nSPS) is 14.8. The average Bonchev–Trinajstić information content (AvgIpc) is 2.74. The minimum atomic E-state index is -4.46. The summed E-state index contributed by atoms with van der Waals surface area (Å²) in [6.45, 7) is 2.54. The Hall–Kier alpha value is -2.90. The quantitative estimate of drug-likeness (QED) is 0.486. The summed E-state index contributed by atoms with van der Waals surface area (Å²) in [5.74, 6) is -1.92. The van der Waals surface area contributed by atoms with Crippen LogP contribution in [0.3, 0.4) is 0 Å². The molecule has 0 unspecified atom stereocenters. The van der Waals surface area contributed by atoms with E-state index in [2.05, 4.69) is 5.32 Å². The maximum Gasteiger partial charge on any atom is 0.416 e. The van der Waals surface area contributed by atoms with Gasteiger partial charge in [0.15, 0.2) is 0 Å². The highest BCUT2D eigenvalue weighted by atomic mass is 19.4. The number of nitrogens with zero attached hydrogens (tertiary/aromatic N) is 1. The summed E-state index contributed by atoms with van der Waals surface area (Å²) < 4.78 is 66.8. The predicted molar refractivity (Wildman–Crippen MR) is 109 cm³/mol. The van der Waals surface area contributed by atoms with Crippen LogP contribution >= 0.6 is 0 Å². The molecule has 0 radical (unpaired) electrons. The fourth-order valence-electron chi connectivity index (χ4n) is 3.48. The maximum absolute atomic E-state index is 13.6. The van der Waals surface area contributed by atoms with Gasteiger partial charge in [-0.25, -0.2) is 8.78 Å². The van der Waals surface area contributed by atoms with Gasteiger partial charge in [0.05, 0.1) is 5.56 Å². The van der Waals surface area contributed by atoms with Crippen LogP contribution in [-0.4, -0.2) is 19.0 Å². The third-order valence-corrected chi connectivity index (χ3v) is 5.28. The van der Waals surface area contributed by atoms with Gasteiger partial charge in [0.2, 0.25) is 5.91 Å². The summed E-state index contributed by atoms with van der Waals surface area (Å²) in [4.78, 5) is 14.1. The average molecular weight is 438 g/mol. The molecule has 0 spiro atoms. The van der Waals surface area contributed by atoms with E-state index in [9.17, 15) is 26.7 Å².